The highest BCUT2D eigenvalue weighted by Crippen LogP contribution is 2.33. The minimum Gasteiger partial charge on any atom is -0.493 e. The van der Waals surface area contributed by atoms with E-state index in [1.165, 1.54) is 11.8 Å². The van der Waals surface area contributed by atoms with Gasteiger partial charge in [-0.3, -0.25) is 0 Å². The number of aromatic carboxylic acids is 1. The number of anilines is 1. The van der Waals surface area contributed by atoms with Crippen LogP contribution in [-0.2, 0) is 13.0 Å². The van der Waals surface area contributed by atoms with E-state index >= 15 is 0 Å². The van der Waals surface area contributed by atoms with E-state index in [0.29, 0.717) is 18.3 Å². The number of thiazole rings is 1. The number of rotatable bonds is 4. The number of hydrogen-bond donors (Lipinski definition) is 2. The second kappa shape index (κ2) is 5.41. The molecule has 1 aromatic heterocycles. The molecule has 5 nitrogen and oxygen atoms in total. The van der Waals surface area contributed by atoms with E-state index in [0.717, 1.165) is 33.5 Å². The number of carbonyl (C=O) groups is 1. The predicted molar refractivity (Wildman–Crippen MR) is 79.7 cm³/mol. The molecule has 0 saturated carbocycles. The number of hydrogen-bond acceptors (Lipinski definition) is 5. The number of fused-ring (bicyclic) bond motifs is 1. The molecule has 20 heavy (non-hydrogen) atoms. The highest BCUT2D eigenvalue weighted by atomic mass is 79.9. The molecule has 1 aliphatic rings. The summed E-state index contributed by atoms with van der Waals surface area (Å²) >= 11 is 4.61. The van der Waals surface area contributed by atoms with Gasteiger partial charge in [0, 0.05) is 23.0 Å². The molecule has 104 valence electrons. The Morgan fingerprint density at radius 2 is 2.40 bits per heavy atom. The van der Waals surface area contributed by atoms with Gasteiger partial charge in [0.15, 0.2) is 5.13 Å². The highest BCUT2D eigenvalue weighted by molar-refractivity contribution is 9.10. The van der Waals surface area contributed by atoms with Crippen LogP contribution in [0.3, 0.4) is 0 Å². The molecule has 2 N–H and O–H groups in total. The van der Waals surface area contributed by atoms with Gasteiger partial charge in [-0.2, -0.15) is 0 Å². The first-order valence-electron chi connectivity index (χ1n) is 6.00. The maximum Gasteiger partial charge on any atom is 0.347 e. The Kier molecular flexibility index (Phi) is 3.62. The average Bonchev–Trinajstić information content (AvgIpc) is 3.04. The summed E-state index contributed by atoms with van der Waals surface area (Å²) in [6.07, 6.45) is 2.28. The highest BCUT2D eigenvalue weighted by Gasteiger charge is 2.17. The molecule has 2 heterocycles. The third-order valence-corrected chi connectivity index (χ3v) is 4.37. The van der Waals surface area contributed by atoms with Crippen LogP contribution in [0.15, 0.2) is 22.8 Å². The Morgan fingerprint density at radius 3 is 3.15 bits per heavy atom. The first-order chi connectivity index (χ1) is 9.63. The van der Waals surface area contributed by atoms with Crippen molar-refractivity contribution in [2.75, 3.05) is 11.9 Å². The Bertz CT molecular complexity index is 672. The standard InChI is InChI=1S/C13H11BrN2O3S/c14-9-3-7-1-2-19-11(7)8(4-9)5-15-13-16-6-10(20-13)12(17)18/h3-4,6H,1-2,5H2,(H,15,16)(H,17,18). The van der Waals surface area contributed by atoms with Crippen LogP contribution in [0, 0.1) is 0 Å². The molecule has 0 bridgehead atoms. The fourth-order valence-corrected chi connectivity index (χ4v) is 3.31. The number of carboxylic acid groups (broad SMARTS) is 1. The molecule has 0 aliphatic carbocycles. The summed E-state index contributed by atoms with van der Waals surface area (Å²) < 4.78 is 6.66. The van der Waals surface area contributed by atoms with Crippen molar-refractivity contribution in [2.45, 2.75) is 13.0 Å². The number of halogens is 1. The van der Waals surface area contributed by atoms with Gasteiger partial charge in [0.2, 0.25) is 0 Å². The van der Waals surface area contributed by atoms with E-state index in [2.05, 4.69) is 32.3 Å². The normalized spacial score (nSPS) is 12.8. The van der Waals surface area contributed by atoms with Crippen molar-refractivity contribution in [3.8, 4) is 5.75 Å². The van der Waals surface area contributed by atoms with Crippen LogP contribution in [0.5, 0.6) is 5.75 Å². The maximum atomic E-state index is 10.8. The summed E-state index contributed by atoms with van der Waals surface area (Å²) in [6, 6.07) is 4.07. The average molecular weight is 355 g/mol. The van der Waals surface area contributed by atoms with Crippen LogP contribution in [0.4, 0.5) is 5.13 Å². The monoisotopic (exact) mass is 354 g/mol. The Balaban J connectivity index is 1.76. The predicted octanol–water partition coefficient (Wildman–Crippen LogP) is 3.15. The van der Waals surface area contributed by atoms with Crippen LogP contribution < -0.4 is 10.1 Å². The van der Waals surface area contributed by atoms with Gasteiger partial charge < -0.3 is 15.2 Å². The Morgan fingerprint density at radius 1 is 1.55 bits per heavy atom. The quantitative estimate of drug-likeness (QED) is 0.882. The lowest BCUT2D eigenvalue weighted by molar-refractivity contribution is 0.0702. The van der Waals surface area contributed by atoms with Crippen LogP contribution >= 0.6 is 27.3 Å². The zero-order valence-electron chi connectivity index (χ0n) is 10.4. The summed E-state index contributed by atoms with van der Waals surface area (Å²) in [5, 5.41) is 12.6. The van der Waals surface area contributed by atoms with Crippen molar-refractivity contribution in [1.29, 1.82) is 0 Å². The fourth-order valence-electron chi connectivity index (χ4n) is 2.10. The first-order valence-corrected chi connectivity index (χ1v) is 7.61. The summed E-state index contributed by atoms with van der Waals surface area (Å²) in [7, 11) is 0. The third-order valence-electron chi connectivity index (χ3n) is 2.97. The minimum absolute atomic E-state index is 0.225. The van der Waals surface area contributed by atoms with Gasteiger partial charge in [-0.05, 0) is 17.7 Å². The Hall–Kier alpha value is -1.60. The zero-order valence-corrected chi connectivity index (χ0v) is 12.8. The molecular formula is C13H11BrN2O3S. The molecular weight excluding hydrogens is 344 g/mol. The lowest BCUT2D eigenvalue weighted by Crippen LogP contribution is -2.01. The van der Waals surface area contributed by atoms with Crippen molar-refractivity contribution >= 4 is 38.4 Å². The van der Waals surface area contributed by atoms with Gasteiger partial charge in [-0.15, -0.1) is 0 Å². The summed E-state index contributed by atoms with van der Waals surface area (Å²) in [4.78, 5) is 15.1. The van der Waals surface area contributed by atoms with Crippen LogP contribution in [0.2, 0.25) is 0 Å². The molecule has 1 aromatic carbocycles. The smallest absolute Gasteiger partial charge is 0.347 e. The van der Waals surface area contributed by atoms with Crippen molar-refractivity contribution < 1.29 is 14.6 Å². The van der Waals surface area contributed by atoms with E-state index in [1.807, 2.05) is 6.07 Å². The van der Waals surface area contributed by atoms with Crippen molar-refractivity contribution in [2.24, 2.45) is 0 Å². The largest absolute Gasteiger partial charge is 0.493 e. The SMILES string of the molecule is O=C(O)c1cnc(NCc2cc(Br)cc3c2OCC3)s1. The Labute approximate surface area is 127 Å². The first kappa shape index (κ1) is 13.4. The van der Waals surface area contributed by atoms with Gasteiger partial charge >= 0.3 is 5.97 Å². The molecule has 2 aromatic rings. The van der Waals surface area contributed by atoms with Crippen molar-refractivity contribution in [1.82, 2.24) is 4.98 Å². The summed E-state index contributed by atoms with van der Waals surface area (Å²) in [6.45, 7) is 1.26. The number of nitrogens with zero attached hydrogens (tertiary/aromatic N) is 1. The molecule has 3 rings (SSSR count). The van der Waals surface area contributed by atoms with Crippen LogP contribution in [0.25, 0.3) is 0 Å². The molecule has 0 spiro atoms. The van der Waals surface area contributed by atoms with Gasteiger partial charge in [0.05, 0.1) is 12.8 Å². The lowest BCUT2D eigenvalue weighted by atomic mass is 10.1. The second-order valence-electron chi connectivity index (χ2n) is 4.34. The van der Waals surface area contributed by atoms with Crippen molar-refractivity contribution in [3.63, 3.8) is 0 Å². The number of carboxylic acids is 1. The summed E-state index contributed by atoms with van der Waals surface area (Å²) in [5.74, 6) is -0.0297. The third kappa shape index (κ3) is 2.64. The van der Waals surface area contributed by atoms with E-state index in [-0.39, 0.29) is 4.88 Å². The van der Waals surface area contributed by atoms with Gasteiger partial charge in [-0.1, -0.05) is 27.3 Å². The minimum atomic E-state index is -0.956. The molecule has 7 heteroatoms. The van der Waals surface area contributed by atoms with Gasteiger partial charge in [0.1, 0.15) is 10.6 Å². The lowest BCUT2D eigenvalue weighted by Gasteiger charge is -2.09. The van der Waals surface area contributed by atoms with Gasteiger partial charge in [-0.25, -0.2) is 9.78 Å². The van der Waals surface area contributed by atoms with Crippen LogP contribution in [-0.4, -0.2) is 22.7 Å². The number of ether oxygens (including phenoxy) is 1. The number of nitrogens with one attached hydrogen (secondary N) is 1. The molecule has 0 fully saturated rings. The molecule has 0 saturated heterocycles. The molecule has 1 aliphatic heterocycles. The fraction of sp³-hybridized carbons (Fsp3) is 0.231. The molecule has 0 atom stereocenters. The molecule has 0 amide bonds. The van der Waals surface area contributed by atoms with Crippen molar-refractivity contribution in [3.05, 3.63) is 38.8 Å². The molecule has 0 unspecified atom stereocenters. The number of benzene rings is 1. The molecule has 0 radical (unpaired) electrons. The van der Waals surface area contributed by atoms with E-state index in [1.54, 1.807) is 0 Å². The van der Waals surface area contributed by atoms with Crippen LogP contribution in [0.1, 0.15) is 20.8 Å². The van der Waals surface area contributed by atoms with E-state index < -0.39 is 5.97 Å². The summed E-state index contributed by atoms with van der Waals surface area (Å²) in [5.41, 5.74) is 2.24. The number of aromatic nitrogens is 1. The van der Waals surface area contributed by atoms with Gasteiger partial charge in [0.25, 0.3) is 0 Å². The van der Waals surface area contributed by atoms with E-state index in [4.69, 9.17) is 9.84 Å². The van der Waals surface area contributed by atoms with E-state index in [9.17, 15) is 4.79 Å². The maximum absolute atomic E-state index is 10.8. The topological polar surface area (TPSA) is 71.5 Å². The zero-order chi connectivity index (χ0) is 14.1. The second-order valence-corrected chi connectivity index (χ2v) is 6.29.